The number of para-hydroxylation sites is 1. The molecule has 0 saturated carbocycles. The van der Waals surface area contributed by atoms with Gasteiger partial charge in [-0.05, 0) is 31.2 Å². The number of ether oxygens (including phenoxy) is 1. The van der Waals surface area contributed by atoms with Gasteiger partial charge in [0.2, 0.25) is 0 Å². The lowest BCUT2D eigenvalue weighted by Crippen LogP contribution is -2.31. The molecule has 8 heteroatoms. The molecule has 5 rings (SSSR count). The zero-order valence-electron chi connectivity index (χ0n) is 16.2. The molecule has 1 N–H and O–H groups in total. The van der Waals surface area contributed by atoms with Crippen LogP contribution in [0.1, 0.15) is 12.5 Å². The minimum Gasteiger partial charge on any atom is -0.489 e. The van der Waals surface area contributed by atoms with Crippen molar-refractivity contribution in [1.29, 1.82) is 0 Å². The number of rotatable bonds is 3. The molecule has 1 aliphatic heterocycles. The third-order valence-electron chi connectivity index (χ3n) is 5.22. The molecule has 0 radical (unpaired) electrons. The summed E-state index contributed by atoms with van der Waals surface area (Å²) in [7, 11) is 0. The second-order valence-corrected chi connectivity index (χ2v) is 7.46. The highest BCUT2D eigenvalue weighted by Crippen LogP contribution is 2.41. The summed E-state index contributed by atoms with van der Waals surface area (Å²) in [5.41, 5.74) is 1.02. The number of aliphatic hydroxyl groups is 1. The Morgan fingerprint density at radius 2 is 2.20 bits per heavy atom. The molecule has 4 aromatic rings. The zero-order valence-corrected chi connectivity index (χ0v) is 16.2. The van der Waals surface area contributed by atoms with E-state index in [1.54, 1.807) is 23.7 Å². The molecule has 150 valence electrons. The summed E-state index contributed by atoms with van der Waals surface area (Å²) >= 11 is 0. The molecule has 1 unspecified atom stereocenters. The van der Waals surface area contributed by atoms with Gasteiger partial charge >= 0.3 is 0 Å². The number of terminal acetylenes is 1. The third-order valence-corrected chi connectivity index (χ3v) is 5.22. The van der Waals surface area contributed by atoms with E-state index in [4.69, 9.17) is 11.2 Å². The van der Waals surface area contributed by atoms with Gasteiger partial charge in [-0.2, -0.15) is 4.98 Å². The maximum absolute atomic E-state index is 14.1. The summed E-state index contributed by atoms with van der Waals surface area (Å²) < 4.78 is 21.8. The van der Waals surface area contributed by atoms with Crippen LogP contribution >= 0.6 is 0 Å². The van der Waals surface area contributed by atoms with E-state index in [-0.39, 0.29) is 12.2 Å². The van der Waals surface area contributed by atoms with Crippen molar-refractivity contribution in [2.45, 2.75) is 18.9 Å². The van der Waals surface area contributed by atoms with Crippen molar-refractivity contribution in [1.82, 2.24) is 19.6 Å². The van der Waals surface area contributed by atoms with E-state index in [1.165, 1.54) is 12.1 Å². The van der Waals surface area contributed by atoms with Gasteiger partial charge in [-0.1, -0.05) is 18.1 Å². The molecule has 0 bridgehead atoms. The number of aromatic nitrogens is 4. The molecule has 0 amide bonds. The molecular formula is C22H18FN5O2. The second-order valence-electron chi connectivity index (χ2n) is 7.46. The molecule has 0 spiro atoms. The summed E-state index contributed by atoms with van der Waals surface area (Å²) in [6.07, 6.45) is 7.25. The fourth-order valence-electron chi connectivity index (χ4n) is 3.82. The number of anilines is 2. The first-order valence-electron chi connectivity index (χ1n) is 9.48. The Hall–Kier alpha value is -3.70. The first-order chi connectivity index (χ1) is 14.5. The lowest BCUT2D eigenvalue weighted by molar-refractivity contribution is 0.121. The Morgan fingerprint density at radius 3 is 3.03 bits per heavy atom. The van der Waals surface area contributed by atoms with Crippen molar-refractivity contribution in [3.63, 3.8) is 0 Å². The van der Waals surface area contributed by atoms with Crippen LogP contribution in [0.5, 0.6) is 5.75 Å². The number of hydrogen-bond acceptors (Lipinski definition) is 6. The Bertz CT molecular complexity index is 1320. The van der Waals surface area contributed by atoms with Crippen LogP contribution in [0.3, 0.4) is 0 Å². The molecule has 0 saturated heterocycles. The van der Waals surface area contributed by atoms with Crippen molar-refractivity contribution in [3.05, 3.63) is 54.1 Å². The molecule has 1 atom stereocenters. The number of benzene rings is 2. The van der Waals surface area contributed by atoms with Gasteiger partial charge in [-0.15, -0.1) is 16.6 Å². The van der Waals surface area contributed by atoms with Gasteiger partial charge < -0.3 is 14.7 Å². The summed E-state index contributed by atoms with van der Waals surface area (Å²) in [6, 6.07) is 10.2. The minimum atomic E-state index is -1.30. The molecule has 0 fully saturated rings. The van der Waals surface area contributed by atoms with Crippen LogP contribution in [0.25, 0.3) is 16.7 Å². The van der Waals surface area contributed by atoms with Crippen LogP contribution in [-0.4, -0.2) is 43.4 Å². The first-order valence-corrected chi connectivity index (χ1v) is 9.48. The summed E-state index contributed by atoms with van der Waals surface area (Å²) in [5.74, 6) is 3.66. The van der Waals surface area contributed by atoms with Gasteiger partial charge in [0.15, 0.2) is 0 Å². The Labute approximate surface area is 171 Å². The Balaban J connectivity index is 1.71. The van der Waals surface area contributed by atoms with Crippen LogP contribution in [0.4, 0.5) is 15.9 Å². The maximum Gasteiger partial charge on any atom is 0.257 e. The van der Waals surface area contributed by atoms with E-state index in [1.807, 2.05) is 23.1 Å². The Kier molecular flexibility index (Phi) is 4.08. The second kappa shape index (κ2) is 6.68. The van der Waals surface area contributed by atoms with E-state index in [2.05, 4.69) is 21.1 Å². The molecule has 3 heterocycles. The number of fused-ring (bicyclic) bond motifs is 4. The summed E-state index contributed by atoms with van der Waals surface area (Å²) in [6.45, 7) is 2.51. The van der Waals surface area contributed by atoms with E-state index < -0.39 is 5.60 Å². The van der Waals surface area contributed by atoms with Crippen LogP contribution < -0.4 is 9.64 Å². The highest BCUT2D eigenvalue weighted by atomic mass is 19.1. The van der Waals surface area contributed by atoms with Crippen molar-refractivity contribution in [2.75, 3.05) is 18.1 Å². The smallest absolute Gasteiger partial charge is 0.257 e. The fraction of sp³-hybridized carbons (Fsp3) is 0.227. The molecule has 30 heavy (non-hydrogen) atoms. The number of hydrogen-bond donors (Lipinski definition) is 1. The van der Waals surface area contributed by atoms with Gasteiger partial charge in [-0.25, -0.2) is 4.39 Å². The lowest BCUT2D eigenvalue weighted by atomic mass is 9.95. The molecule has 0 aliphatic carbocycles. The van der Waals surface area contributed by atoms with Crippen LogP contribution in [0.15, 0.2) is 42.7 Å². The van der Waals surface area contributed by atoms with Gasteiger partial charge in [-0.3, -0.25) is 4.40 Å². The van der Waals surface area contributed by atoms with Crippen molar-refractivity contribution >= 4 is 28.2 Å². The number of halogens is 1. The van der Waals surface area contributed by atoms with Gasteiger partial charge in [0.25, 0.3) is 5.78 Å². The fourth-order valence-corrected chi connectivity index (χ4v) is 3.82. The average molecular weight is 403 g/mol. The zero-order chi connectivity index (χ0) is 20.9. The highest BCUT2D eigenvalue weighted by molar-refractivity contribution is 5.94. The Morgan fingerprint density at radius 1 is 1.33 bits per heavy atom. The average Bonchev–Trinajstić information content (AvgIpc) is 3.21. The molecular weight excluding hydrogens is 385 g/mol. The predicted molar refractivity (Wildman–Crippen MR) is 110 cm³/mol. The standard InChI is InChI=1S/C22H18FN5O2/c1-3-22(2,29)12-14-5-4-6-18-19(14)30-10-9-27(18)20-16-11-15(23)7-8-17(16)28-13-24-26-21(28)25-20/h1,4-8,11,13,29H,9-10,12H2,2H3. The normalized spacial score (nSPS) is 15.5. The molecule has 1 aliphatic rings. The monoisotopic (exact) mass is 403 g/mol. The third kappa shape index (κ3) is 2.91. The maximum atomic E-state index is 14.1. The van der Waals surface area contributed by atoms with Crippen LogP contribution in [0, 0.1) is 18.2 Å². The van der Waals surface area contributed by atoms with E-state index in [9.17, 15) is 9.50 Å². The van der Waals surface area contributed by atoms with Crippen LogP contribution in [-0.2, 0) is 6.42 Å². The highest BCUT2D eigenvalue weighted by Gasteiger charge is 2.28. The van der Waals surface area contributed by atoms with Crippen LogP contribution in [0.2, 0.25) is 0 Å². The van der Waals surface area contributed by atoms with Gasteiger partial charge in [0.1, 0.15) is 35.9 Å². The van der Waals surface area contributed by atoms with E-state index >= 15 is 0 Å². The first kappa shape index (κ1) is 18.3. The van der Waals surface area contributed by atoms with Crippen molar-refractivity contribution < 1.29 is 14.2 Å². The minimum absolute atomic E-state index is 0.243. The van der Waals surface area contributed by atoms with Gasteiger partial charge in [0, 0.05) is 17.4 Å². The topological polar surface area (TPSA) is 75.8 Å². The molecule has 7 nitrogen and oxygen atoms in total. The predicted octanol–water partition coefficient (Wildman–Crippen LogP) is 2.87. The summed E-state index contributed by atoms with van der Waals surface area (Å²) in [5, 5.41) is 19.0. The van der Waals surface area contributed by atoms with E-state index in [0.29, 0.717) is 35.9 Å². The largest absolute Gasteiger partial charge is 0.489 e. The van der Waals surface area contributed by atoms with Crippen molar-refractivity contribution in [3.8, 4) is 18.1 Å². The quantitative estimate of drug-likeness (QED) is 0.530. The van der Waals surface area contributed by atoms with E-state index in [0.717, 1.165) is 16.8 Å². The SMILES string of the molecule is C#CC(C)(O)Cc1cccc2c1OCCN2c1nc2nncn2c2ccc(F)cc12. The molecule has 2 aromatic carbocycles. The number of nitrogens with zero attached hydrogens (tertiary/aromatic N) is 5. The van der Waals surface area contributed by atoms with Crippen molar-refractivity contribution in [2.24, 2.45) is 0 Å². The lowest BCUT2D eigenvalue weighted by Gasteiger charge is -2.33. The van der Waals surface area contributed by atoms with Gasteiger partial charge in [0.05, 0.1) is 17.7 Å². The molecule has 2 aromatic heterocycles. The summed E-state index contributed by atoms with van der Waals surface area (Å²) in [4.78, 5) is 6.63.